The SMILES string of the molecule is C=Cc1cccc(C(C(=O)NCCC(=O)OCC)N(C(=O)C(NC(=O)OC(C)(C)C)C(C)CC)C2CC2)c1. The van der Waals surface area contributed by atoms with Crippen LogP contribution in [0.2, 0.25) is 0 Å². The zero-order valence-electron chi connectivity index (χ0n) is 23.5. The van der Waals surface area contributed by atoms with E-state index in [9.17, 15) is 19.2 Å². The second-order valence-corrected chi connectivity index (χ2v) is 10.6. The van der Waals surface area contributed by atoms with Crippen LogP contribution in [0.4, 0.5) is 4.79 Å². The molecule has 0 aliphatic heterocycles. The van der Waals surface area contributed by atoms with Crippen molar-refractivity contribution in [2.45, 2.75) is 91.0 Å². The smallest absolute Gasteiger partial charge is 0.408 e. The van der Waals surface area contributed by atoms with Crippen molar-refractivity contribution in [3.63, 3.8) is 0 Å². The molecular weight excluding hydrogens is 486 g/mol. The van der Waals surface area contributed by atoms with E-state index in [4.69, 9.17) is 9.47 Å². The van der Waals surface area contributed by atoms with E-state index in [1.54, 1.807) is 44.7 Å². The van der Waals surface area contributed by atoms with Gasteiger partial charge in [-0.2, -0.15) is 0 Å². The Kier molecular flexibility index (Phi) is 11.4. The van der Waals surface area contributed by atoms with Gasteiger partial charge in [-0.1, -0.05) is 51.1 Å². The molecule has 1 fully saturated rings. The van der Waals surface area contributed by atoms with Gasteiger partial charge in [-0.15, -0.1) is 0 Å². The molecule has 0 aromatic heterocycles. The summed E-state index contributed by atoms with van der Waals surface area (Å²) in [5.74, 6) is -1.37. The van der Waals surface area contributed by atoms with Crippen molar-refractivity contribution in [3.8, 4) is 0 Å². The van der Waals surface area contributed by atoms with Gasteiger partial charge in [0.15, 0.2) is 0 Å². The summed E-state index contributed by atoms with van der Waals surface area (Å²) in [6, 6.07) is 5.31. The van der Waals surface area contributed by atoms with Crippen molar-refractivity contribution in [2.75, 3.05) is 13.2 Å². The van der Waals surface area contributed by atoms with Crippen LogP contribution in [0.25, 0.3) is 6.08 Å². The lowest BCUT2D eigenvalue weighted by atomic mass is 9.95. The Balaban J connectivity index is 2.42. The Hall–Kier alpha value is -3.36. The maximum atomic E-state index is 14.1. The quantitative estimate of drug-likeness (QED) is 0.367. The lowest BCUT2D eigenvalue weighted by Gasteiger charge is -2.36. The number of benzene rings is 1. The number of carbonyl (C=O) groups excluding carboxylic acids is 4. The molecule has 9 nitrogen and oxygen atoms in total. The van der Waals surface area contributed by atoms with E-state index in [0.717, 1.165) is 18.4 Å². The number of carbonyl (C=O) groups is 4. The number of alkyl carbamates (subject to hydrolysis) is 1. The van der Waals surface area contributed by atoms with Crippen molar-refractivity contribution in [2.24, 2.45) is 5.92 Å². The maximum Gasteiger partial charge on any atom is 0.408 e. The summed E-state index contributed by atoms with van der Waals surface area (Å²) in [5, 5.41) is 5.57. The van der Waals surface area contributed by atoms with Gasteiger partial charge in [-0.25, -0.2) is 4.79 Å². The zero-order chi connectivity index (χ0) is 28.5. The third-order valence-corrected chi connectivity index (χ3v) is 6.27. The molecule has 0 saturated heterocycles. The molecule has 1 saturated carbocycles. The predicted octanol–water partition coefficient (Wildman–Crippen LogP) is 4.37. The van der Waals surface area contributed by atoms with Crippen molar-refractivity contribution < 1.29 is 28.7 Å². The molecule has 1 aliphatic carbocycles. The highest BCUT2D eigenvalue weighted by atomic mass is 16.6. The van der Waals surface area contributed by atoms with Gasteiger partial charge in [0.2, 0.25) is 11.8 Å². The first-order chi connectivity index (χ1) is 17.9. The number of rotatable bonds is 13. The molecule has 1 aromatic rings. The number of amides is 3. The molecular formula is C29H43N3O6. The normalized spacial score (nSPS) is 15.4. The fourth-order valence-electron chi connectivity index (χ4n) is 4.06. The molecule has 2 N–H and O–H groups in total. The number of nitrogens with one attached hydrogen (secondary N) is 2. The number of nitrogens with zero attached hydrogens (tertiary/aromatic N) is 1. The molecule has 0 spiro atoms. The summed E-state index contributed by atoms with van der Waals surface area (Å²) in [6.07, 6.45) is 3.14. The second kappa shape index (κ2) is 14.0. The largest absolute Gasteiger partial charge is 0.466 e. The summed E-state index contributed by atoms with van der Waals surface area (Å²) in [5.41, 5.74) is 0.701. The van der Waals surface area contributed by atoms with Gasteiger partial charge < -0.3 is 25.0 Å². The van der Waals surface area contributed by atoms with Crippen LogP contribution in [0.3, 0.4) is 0 Å². The molecule has 1 aliphatic rings. The number of esters is 1. The minimum atomic E-state index is -0.955. The van der Waals surface area contributed by atoms with Gasteiger partial charge in [0, 0.05) is 12.6 Å². The van der Waals surface area contributed by atoms with Crippen LogP contribution in [-0.4, -0.2) is 59.6 Å². The lowest BCUT2D eigenvalue weighted by molar-refractivity contribution is -0.145. The minimum Gasteiger partial charge on any atom is -0.466 e. The van der Waals surface area contributed by atoms with Crippen molar-refractivity contribution in [3.05, 3.63) is 42.0 Å². The maximum absolute atomic E-state index is 14.1. The molecule has 3 atom stereocenters. The molecule has 9 heteroatoms. The first kappa shape index (κ1) is 30.9. The second-order valence-electron chi connectivity index (χ2n) is 10.6. The summed E-state index contributed by atoms with van der Waals surface area (Å²) >= 11 is 0. The van der Waals surface area contributed by atoms with Crippen molar-refractivity contribution in [1.82, 2.24) is 15.5 Å². The summed E-state index contributed by atoms with van der Waals surface area (Å²) in [6.45, 7) is 15.0. The first-order valence-electron chi connectivity index (χ1n) is 13.4. The first-order valence-corrected chi connectivity index (χ1v) is 13.4. The molecule has 2 rings (SSSR count). The lowest BCUT2D eigenvalue weighted by Crippen LogP contribution is -2.56. The van der Waals surface area contributed by atoms with Crippen molar-refractivity contribution >= 4 is 30.0 Å². The Morgan fingerprint density at radius 1 is 1.18 bits per heavy atom. The van der Waals surface area contributed by atoms with Crippen LogP contribution in [0, 0.1) is 5.92 Å². The van der Waals surface area contributed by atoms with Crippen LogP contribution >= 0.6 is 0 Å². The summed E-state index contributed by atoms with van der Waals surface area (Å²) < 4.78 is 10.4. The van der Waals surface area contributed by atoms with Crippen LogP contribution in [0.15, 0.2) is 30.8 Å². The Bertz CT molecular complexity index is 998. The monoisotopic (exact) mass is 529 g/mol. The molecule has 3 amide bonds. The summed E-state index contributed by atoms with van der Waals surface area (Å²) in [4.78, 5) is 53.9. The van der Waals surface area contributed by atoms with Gasteiger partial charge in [0.1, 0.15) is 17.7 Å². The zero-order valence-corrected chi connectivity index (χ0v) is 23.5. The van der Waals surface area contributed by atoms with Crippen LogP contribution in [0.5, 0.6) is 0 Å². The van der Waals surface area contributed by atoms with E-state index in [2.05, 4.69) is 17.2 Å². The molecule has 0 radical (unpaired) electrons. The number of hydrogen-bond acceptors (Lipinski definition) is 6. The highest BCUT2D eigenvalue weighted by Gasteiger charge is 2.45. The highest BCUT2D eigenvalue weighted by molar-refractivity contribution is 5.93. The van der Waals surface area contributed by atoms with E-state index in [-0.39, 0.29) is 37.4 Å². The van der Waals surface area contributed by atoms with E-state index in [1.807, 2.05) is 32.0 Å². The average Bonchev–Trinajstić information content (AvgIpc) is 3.69. The molecule has 38 heavy (non-hydrogen) atoms. The Labute approximate surface area is 226 Å². The fourth-order valence-corrected chi connectivity index (χ4v) is 4.06. The van der Waals surface area contributed by atoms with Gasteiger partial charge in [-0.3, -0.25) is 14.4 Å². The molecule has 1 aromatic carbocycles. The van der Waals surface area contributed by atoms with Gasteiger partial charge in [0.05, 0.1) is 13.0 Å². The van der Waals surface area contributed by atoms with E-state index >= 15 is 0 Å². The molecule has 0 bridgehead atoms. The van der Waals surface area contributed by atoms with E-state index in [1.165, 1.54) is 0 Å². The number of ether oxygens (including phenoxy) is 2. The van der Waals surface area contributed by atoms with Gasteiger partial charge in [0.25, 0.3) is 0 Å². The third-order valence-electron chi connectivity index (χ3n) is 6.27. The third kappa shape index (κ3) is 9.19. The van der Waals surface area contributed by atoms with Crippen LogP contribution < -0.4 is 10.6 Å². The molecule has 210 valence electrons. The standard InChI is InChI=1S/C29H43N3O6/c1-8-19(4)24(31-28(36)38-29(5,6)7)27(35)32(22-14-15-22)25(21-13-11-12-20(9-2)18-21)26(34)30-17-16-23(33)37-10-3/h9,11-13,18-19,22,24-25H,2,8,10,14-17H2,1,3-7H3,(H,30,34)(H,31,36). The van der Waals surface area contributed by atoms with E-state index < -0.39 is 35.7 Å². The topological polar surface area (TPSA) is 114 Å². The van der Waals surface area contributed by atoms with Crippen LogP contribution in [-0.2, 0) is 23.9 Å². The van der Waals surface area contributed by atoms with Crippen molar-refractivity contribution in [1.29, 1.82) is 0 Å². The van der Waals surface area contributed by atoms with Gasteiger partial charge >= 0.3 is 12.1 Å². The fraction of sp³-hybridized carbons (Fsp3) is 0.586. The molecule has 0 heterocycles. The van der Waals surface area contributed by atoms with Crippen LogP contribution in [0.1, 0.15) is 84.4 Å². The Morgan fingerprint density at radius 2 is 1.87 bits per heavy atom. The Morgan fingerprint density at radius 3 is 2.42 bits per heavy atom. The van der Waals surface area contributed by atoms with E-state index in [0.29, 0.717) is 12.0 Å². The minimum absolute atomic E-state index is 0.0199. The average molecular weight is 530 g/mol. The molecule has 3 unspecified atom stereocenters. The van der Waals surface area contributed by atoms with Gasteiger partial charge in [-0.05, 0) is 63.6 Å². The predicted molar refractivity (Wildman–Crippen MR) is 146 cm³/mol. The highest BCUT2D eigenvalue weighted by Crippen LogP contribution is 2.36. The number of hydrogen-bond donors (Lipinski definition) is 2. The summed E-state index contributed by atoms with van der Waals surface area (Å²) in [7, 11) is 0.